The predicted octanol–water partition coefficient (Wildman–Crippen LogP) is 3.04. The van der Waals surface area contributed by atoms with E-state index in [1.54, 1.807) is 25.1 Å². The number of halogens is 1. The van der Waals surface area contributed by atoms with Crippen molar-refractivity contribution in [2.45, 2.75) is 20.3 Å². The van der Waals surface area contributed by atoms with Gasteiger partial charge in [0.2, 0.25) is 0 Å². The molecular weight excluding hydrogens is 311 g/mol. The molecule has 0 spiro atoms. The summed E-state index contributed by atoms with van der Waals surface area (Å²) in [6.45, 7) is 3.68. The average molecular weight is 326 g/mol. The third-order valence-corrected chi connectivity index (χ3v) is 3.70. The van der Waals surface area contributed by atoms with Gasteiger partial charge in [-0.15, -0.1) is 5.10 Å². The summed E-state index contributed by atoms with van der Waals surface area (Å²) in [5, 5.41) is 20.8. The van der Waals surface area contributed by atoms with Crippen molar-refractivity contribution in [1.82, 2.24) is 20.2 Å². The van der Waals surface area contributed by atoms with E-state index in [1.165, 1.54) is 22.9 Å². The van der Waals surface area contributed by atoms with Crippen molar-refractivity contribution in [1.29, 1.82) is 0 Å². The van der Waals surface area contributed by atoms with Gasteiger partial charge in [0.1, 0.15) is 5.82 Å². The van der Waals surface area contributed by atoms with Crippen molar-refractivity contribution in [3.8, 4) is 16.8 Å². The van der Waals surface area contributed by atoms with Gasteiger partial charge in [-0.05, 0) is 52.7 Å². The number of carboxylic acid groups (broad SMARTS) is 1. The highest BCUT2D eigenvalue weighted by atomic mass is 19.1. The number of hydrogen-bond acceptors (Lipinski definition) is 4. The first kappa shape index (κ1) is 15.8. The zero-order valence-electron chi connectivity index (χ0n) is 13.2. The Balaban J connectivity index is 2.22. The Morgan fingerprint density at radius 2 is 2.04 bits per heavy atom. The zero-order valence-corrected chi connectivity index (χ0v) is 13.2. The van der Waals surface area contributed by atoms with Crippen LogP contribution in [-0.2, 0) is 6.42 Å². The number of carboxylic acids is 1. The molecule has 122 valence electrons. The maximum absolute atomic E-state index is 14.3. The van der Waals surface area contributed by atoms with Gasteiger partial charge < -0.3 is 5.11 Å². The Kier molecular flexibility index (Phi) is 4.07. The summed E-state index contributed by atoms with van der Waals surface area (Å²) in [6.07, 6.45) is 0.582. The molecule has 0 unspecified atom stereocenters. The highest BCUT2D eigenvalue weighted by Gasteiger charge is 2.14. The van der Waals surface area contributed by atoms with Crippen molar-refractivity contribution in [3.63, 3.8) is 0 Å². The van der Waals surface area contributed by atoms with Gasteiger partial charge in [0.25, 0.3) is 0 Å². The van der Waals surface area contributed by atoms with Crippen LogP contribution in [0, 0.1) is 12.7 Å². The Labute approximate surface area is 137 Å². The van der Waals surface area contributed by atoms with Crippen LogP contribution >= 0.6 is 0 Å². The Morgan fingerprint density at radius 3 is 2.71 bits per heavy atom. The molecule has 0 fully saturated rings. The first-order valence-electron chi connectivity index (χ1n) is 7.42. The fourth-order valence-corrected chi connectivity index (χ4v) is 2.49. The van der Waals surface area contributed by atoms with Gasteiger partial charge in [0.05, 0.1) is 11.3 Å². The van der Waals surface area contributed by atoms with E-state index in [0.29, 0.717) is 29.1 Å². The molecule has 1 aromatic heterocycles. The summed E-state index contributed by atoms with van der Waals surface area (Å²) in [4.78, 5) is 11.4. The topological polar surface area (TPSA) is 80.9 Å². The molecule has 0 amide bonds. The molecule has 1 heterocycles. The van der Waals surface area contributed by atoms with Crippen molar-refractivity contribution >= 4 is 5.97 Å². The quantitative estimate of drug-likeness (QED) is 0.797. The number of aryl methyl sites for hydroxylation is 2. The van der Waals surface area contributed by atoms with Crippen LogP contribution in [0.4, 0.5) is 4.39 Å². The number of tetrazole rings is 1. The number of rotatable bonds is 4. The lowest BCUT2D eigenvalue weighted by Crippen LogP contribution is -2.06. The van der Waals surface area contributed by atoms with E-state index in [0.717, 1.165) is 5.56 Å². The van der Waals surface area contributed by atoms with Gasteiger partial charge >= 0.3 is 5.97 Å². The fourth-order valence-electron chi connectivity index (χ4n) is 2.49. The molecule has 3 aromatic rings. The Morgan fingerprint density at radius 1 is 1.25 bits per heavy atom. The molecule has 2 aromatic carbocycles. The molecule has 6 nitrogen and oxygen atoms in total. The van der Waals surface area contributed by atoms with Crippen LogP contribution in [0.5, 0.6) is 0 Å². The lowest BCUT2D eigenvalue weighted by atomic mass is 10.00. The number of aromatic carboxylic acids is 1. The van der Waals surface area contributed by atoms with E-state index in [4.69, 9.17) is 0 Å². The average Bonchev–Trinajstić information content (AvgIpc) is 3.03. The van der Waals surface area contributed by atoms with Crippen LogP contribution < -0.4 is 0 Å². The van der Waals surface area contributed by atoms with Gasteiger partial charge in [-0.25, -0.2) is 9.18 Å². The van der Waals surface area contributed by atoms with E-state index in [9.17, 15) is 14.3 Å². The van der Waals surface area contributed by atoms with Gasteiger partial charge in [0.15, 0.2) is 5.82 Å². The SMILES string of the molecule is CCc1nnnn1-c1cc(C(=O)O)cc(-c2ccc(C)cc2F)c1. The van der Waals surface area contributed by atoms with E-state index in [-0.39, 0.29) is 5.56 Å². The molecular formula is C17H15FN4O2. The van der Waals surface area contributed by atoms with Gasteiger partial charge in [-0.1, -0.05) is 19.1 Å². The summed E-state index contributed by atoms with van der Waals surface area (Å²) in [7, 11) is 0. The highest BCUT2D eigenvalue weighted by Crippen LogP contribution is 2.27. The lowest BCUT2D eigenvalue weighted by Gasteiger charge is -2.10. The molecule has 24 heavy (non-hydrogen) atoms. The molecule has 0 aliphatic heterocycles. The van der Waals surface area contributed by atoms with Gasteiger partial charge in [0, 0.05) is 12.0 Å². The van der Waals surface area contributed by atoms with E-state index < -0.39 is 11.8 Å². The Hall–Kier alpha value is -3.09. The maximum atomic E-state index is 14.3. The molecule has 0 aliphatic carbocycles. The summed E-state index contributed by atoms with van der Waals surface area (Å²) in [6, 6.07) is 9.41. The van der Waals surface area contributed by atoms with Gasteiger partial charge in [-0.2, -0.15) is 4.68 Å². The number of benzene rings is 2. The molecule has 0 saturated carbocycles. The second-order valence-electron chi connectivity index (χ2n) is 5.42. The van der Waals surface area contributed by atoms with E-state index in [1.807, 2.05) is 6.92 Å². The van der Waals surface area contributed by atoms with Gasteiger partial charge in [-0.3, -0.25) is 0 Å². The third kappa shape index (κ3) is 2.88. The first-order chi connectivity index (χ1) is 11.5. The van der Waals surface area contributed by atoms with Crippen molar-refractivity contribution in [2.75, 3.05) is 0 Å². The van der Waals surface area contributed by atoms with Crippen LogP contribution in [-0.4, -0.2) is 31.3 Å². The lowest BCUT2D eigenvalue weighted by molar-refractivity contribution is 0.0697. The fraction of sp³-hybridized carbons (Fsp3) is 0.176. The smallest absolute Gasteiger partial charge is 0.335 e. The monoisotopic (exact) mass is 326 g/mol. The van der Waals surface area contributed by atoms with Crippen LogP contribution in [0.1, 0.15) is 28.7 Å². The van der Waals surface area contributed by atoms with Crippen LogP contribution in [0.2, 0.25) is 0 Å². The molecule has 0 bridgehead atoms. The first-order valence-corrected chi connectivity index (χ1v) is 7.42. The maximum Gasteiger partial charge on any atom is 0.335 e. The molecule has 1 N–H and O–H groups in total. The van der Waals surface area contributed by atoms with Crippen molar-refractivity contribution in [3.05, 3.63) is 59.2 Å². The largest absolute Gasteiger partial charge is 0.478 e. The van der Waals surface area contributed by atoms with E-state index >= 15 is 0 Å². The highest BCUT2D eigenvalue weighted by molar-refractivity contribution is 5.90. The molecule has 0 atom stereocenters. The minimum Gasteiger partial charge on any atom is -0.478 e. The molecule has 7 heteroatoms. The standard InChI is InChI=1S/C17H15FN4O2/c1-3-16-19-20-21-22(16)13-8-11(7-12(9-13)17(23)24)14-5-4-10(2)6-15(14)18/h4-9H,3H2,1-2H3,(H,23,24). The third-order valence-electron chi connectivity index (χ3n) is 3.70. The summed E-state index contributed by atoms with van der Waals surface area (Å²) < 4.78 is 15.8. The molecule has 0 aliphatic rings. The minimum absolute atomic E-state index is 0.0417. The summed E-state index contributed by atoms with van der Waals surface area (Å²) in [5.74, 6) is -0.916. The molecule has 0 radical (unpaired) electrons. The second kappa shape index (κ2) is 6.19. The number of carbonyl (C=O) groups is 1. The Bertz CT molecular complexity index is 921. The second-order valence-corrected chi connectivity index (χ2v) is 5.42. The summed E-state index contributed by atoms with van der Waals surface area (Å²) in [5.41, 5.74) is 2.10. The zero-order chi connectivity index (χ0) is 17.3. The number of nitrogens with zero attached hydrogens (tertiary/aromatic N) is 4. The van der Waals surface area contributed by atoms with Crippen molar-refractivity contribution < 1.29 is 14.3 Å². The molecule has 0 saturated heterocycles. The summed E-state index contributed by atoms with van der Waals surface area (Å²) >= 11 is 0. The minimum atomic E-state index is -1.10. The van der Waals surface area contributed by atoms with E-state index in [2.05, 4.69) is 15.5 Å². The van der Waals surface area contributed by atoms with Crippen molar-refractivity contribution in [2.24, 2.45) is 0 Å². The van der Waals surface area contributed by atoms with Crippen LogP contribution in [0.15, 0.2) is 36.4 Å². The molecule has 3 rings (SSSR count). The normalized spacial score (nSPS) is 10.8. The number of hydrogen-bond donors (Lipinski definition) is 1. The van der Waals surface area contributed by atoms with Crippen LogP contribution in [0.3, 0.4) is 0 Å². The predicted molar refractivity (Wildman–Crippen MR) is 85.6 cm³/mol. The van der Waals surface area contributed by atoms with Crippen LogP contribution in [0.25, 0.3) is 16.8 Å². The number of aromatic nitrogens is 4.